The molecule has 0 aliphatic carbocycles. The van der Waals surface area contributed by atoms with Crippen molar-refractivity contribution in [2.24, 2.45) is 5.73 Å². The van der Waals surface area contributed by atoms with Crippen molar-refractivity contribution < 1.29 is 22.4 Å². The van der Waals surface area contributed by atoms with E-state index in [0.29, 0.717) is 12.2 Å². The average molecular weight is 366 g/mol. The van der Waals surface area contributed by atoms with Crippen molar-refractivity contribution in [2.75, 3.05) is 26.6 Å². The molecule has 1 atom stereocenters. The predicted molar refractivity (Wildman–Crippen MR) is 97.2 cm³/mol. The smallest absolute Gasteiger partial charge is 0.261 e. The second kappa shape index (κ2) is 7.81. The van der Waals surface area contributed by atoms with Crippen molar-refractivity contribution in [3.05, 3.63) is 41.5 Å². The standard InChI is InChI=1S/C16H18N2O2.CH4O3S/c1-19-14-5-4-10-2-3-11(16(17)18)8-13(10)15(14)12-6-7-20-9-12;1-5(2,3)4/h2-5,8,12H,6-7,9H2,1H3,(H3,17,18);1H3,(H,2,3,4). The van der Waals surface area contributed by atoms with Crippen molar-refractivity contribution in [1.29, 1.82) is 5.41 Å². The summed E-state index contributed by atoms with van der Waals surface area (Å²) in [5, 5.41) is 9.85. The van der Waals surface area contributed by atoms with Gasteiger partial charge in [-0.2, -0.15) is 8.42 Å². The molecule has 2 aromatic carbocycles. The third-order valence-corrected chi connectivity index (χ3v) is 3.89. The van der Waals surface area contributed by atoms with Crippen molar-refractivity contribution in [3.63, 3.8) is 0 Å². The molecule has 0 radical (unpaired) electrons. The zero-order chi connectivity index (χ0) is 18.6. The Bertz CT molecular complexity index is 866. The Balaban J connectivity index is 0.000000399. The Morgan fingerprint density at radius 3 is 2.52 bits per heavy atom. The lowest BCUT2D eigenvalue weighted by molar-refractivity contribution is 0.193. The molecular weight excluding hydrogens is 344 g/mol. The zero-order valence-electron chi connectivity index (χ0n) is 14.2. The van der Waals surface area contributed by atoms with E-state index >= 15 is 0 Å². The summed E-state index contributed by atoms with van der Waals surface area (Å²) < 4.78 is 36.9. The summed E-state index contributed by atoms with van der Waals surface area (Å²) in [4.78, 5) is 0. The fraction of sp³-hybridized carbons (Fsp3) is 0.353. The number of amidine groups is 1. The van der Waals surface area contributed by atoms with Gasteiger partial charge in [-0.25, -0.2) is 0 Å². The number of nitrogens with two attached hydrogens (primary N) is 1. The normalized spacial score (nSPS) is 17.0. The van der Waals surface area contributed by atoms with Crippen LogP contribution in [0.4, 0.5) is 0 Å². The maximum atomic E-state index is 9.19. The molecule has 1 unspecified atom stereocenters. The maximum absolute atomic E-state index is 9.19. The number of hydrogen-bond acceptors (Lipinski definition) is 5. The third kappa shape index (κ3) is 5.15. The van der Waals surface area contributed by atoms with Crippen molar-refractivity contribution >= 4 is 26.7 Å². The first kappa shape index (κ1) is 19.2. The molecular formula is C17H22N2O5S. The van der Waals surface area contributed by atoms with Gasteiger partial charge >= 0.3 is 0 Å². The number of methoxy groups -OCH3 is 1. The summed E-state index contributed by atoms with van der Waals surface area (Å²) in [7, 11) is -1.98. The van der Waals surface area contributed by atoms with Gasteiger partial charge in [-0.1, -0.05) is 18.2 Å². The number of nitrogen functional groups attached to an aromatic ring is 1. The van der Waals surface area contributed by atoms with E-state index in [-0.39, 0.29) is 5.84 Å². The van der Waals surface area contributed by atoms with Gasteiger partial charge in [0.1, 0.15) is 11.6 Å². The lowest BCUT2D eigenvalue weighted by Crippen LogP contribution is -2.11. The number of fused-ring (bicyclic) bond motifs is 1. The van der Waals surface area contributed by atoms with E-state index < -0.39 is 10.1 Å². The van der Waals surface area contributed by atoms with Gasteiger partial charge in [-0.3, -0.25) is 9.96 Å². The molecule has 25 heavy (non-hydrogen) atoms. The molecule has 0 bridgehead atoms. The van der Waals surface area contributed by atoms with Gasteiger partial charge in [0.05, 0.1) is 20.0 Å². The van der Waals surface area contributed by atoms with Crippen LogP contribution in [-0.4, -0.2) is 45.4 Å². The van der Waals surface area contributed by atoms with Gasteiger partial charge in [0, 0.05) is 23.7 Å². The molecule has 136 valence electrons. The minimum atomic E-state index is -3.67. The first-order valence-corrected chi connectivity index (χ1v) is 9.50. The summed E-state index contributed by atoms with van der Waals surface area (Å²) in [6.45, 7) is 1.51. The van der Waals surface area contributed by atoms with Crippen LogP contribution in [-0.2, 0) is 14.9 Å². The molecule has 1 fully saturated rings. The summed E-state index contributed by atoms with van der Waals surface area (Å²) in [5.74, 6) is 1.31. The van der Waals surface area contributed by atoms with Crippen LogP contribution in [0.25, 0.3) is 10.8 Å². The molecule has 0 aromatic heterocycles. The van der Waals surface area contributed by atoms with E-state index in [1.807, 2.05) is 30.3 Å². The Hall–Kier alpha value is -2.16. The van der Waals surface area contributed by atoms with Crippen LogP contribution in [0.3, 0.4) is 0 Å². The molecule has 1 saturated heterocycles. The third-order valence-electron chi connectivity index (χ3n) is 3.89. The van der Waals surface area contributed by atoms with Crippen LogP contribution in [0.5, 0.6) is 5.75 Å². The molecule has 1 aliphatic heterocycles. The number of rotatable bonds is 3. The minimum absolute atomic E-state index is 0.0864. The van der Waals surface area contributed by atoms with Gasteiger partial charge in [-0.05, 0) is 29.3 Å². The molecule has 0 amide bonds. The predicted octanol–water partition coefficient (Wildman–Crippen LogP) is 2.14. The van der Waals surface area contributed by atoms with Gasteiger partial charge in [0.15, 0.2) is 0 Å². The fourth-order valence-electron chi connectivity index (χ4n) is 2.85. The van der Waals surface area contributed by atoms with Crippen LogP contribution in [0, 0.1) is 5.41 Å². The van der Waals surface area contributed by atoms with Crippen molar-refractivity contribution in [2.45, 2.75) is 12.3 Å². The van der Waals surface area contributed by atoms with Crippen LogP contribution >= 0.6 is 0 Å². The Morgan fingerprint density at radius 1 is 1.36 bits per heavy atom. The van der Waals surface area contributed by atoms with Crippen LogP contribution in [0.15, 0.2) is 30.3 Å². The molecule has 1 heterocycles. The lowest BCUT2D eigenvalue weighted by Gasteiger charge is -2.17. The van der Waals surface area contributed by atoms with Gasteiger partial charge in [0.2, 0.25) is 0 Å². The minimum Gasteiger partial charge on any atom is -0.496 e. The van der Waals surface area contributed by atoms with Crippen molar-refractivity contribution in [1.82, 2.24) is 0 Å². The highest BCUT2D eigenvalue weighted by molar-refractivity contribution is 7.85. The van der Waals surface area contributed by atoms with Gasteiger partial charge in [-0.15, -0.1) is 0 Å². The highest BCUT2D eigenvalue weighted by Gasteiger charge is 2.23. The van der Waals surface area contributed by atoms with E-state index in [1.54, 1.807) is 7.11 Å². The Kier molecular flexibility index (Phi) is 5.99. The molecule has 2 aromatic rings. The van der Waals surface area contributed by atoms with E-state index in [1.165, 1.54) is 5.56 Å². The number of benzene rings is 2. The average Bonchev–Trinajstić information content (AvgIpc) is 3.05. The summed E-state index contributed by atoms with van der Waals surface area (Å²) in [6.07, 6.45) is 1.72. The monoisotopic (exact) mass is 366 g/mol. The van der Waals surface area contributed by atoms with E-state index in [9.17, 15) is 8.42 Å². The summed E-state index contributed by atoms with van der Waals surface area (Å²) in [5.41, 5.74) is 7.52. The SMILES string of the molecule is COc1ccc2ccc(C(=N)N)cc2c1C1CCOC1.CS(=O)(=O)O. The molecule has 0 spiro atoms. The lowest BCUT2D eigenvalue weighted by atomic mass is 9.91. The summed E-state index contributed by atoms with van der Waals surface area (Å²) >= 11 is 0. The van der Waals surface area contributed by atoms with Gasteiger partial charge < -0.3 is 15.2 Å². The number of ether oxygens (including phenoxy) is 2. The molecule has 7 nitrogen and oxygen atoms in total. The number of nitrogens with one attached hydrogen (secondary N) is 1. The number of hydrogen-bond donors (Lipinski definition) is 3. The molecule has 1 aliphatic rings. The molecule has 8 heteroatoms. The summed E-state index contributed by atoms with van der Waals surface area (Å²) in [6, 6.07) is 9.91. The highest BCUT2D eigenvalue weighted by atomic mass is 32.2. The zero-order valence-corrected chi connectivity index (χ0v) is 15.0. The van der Waals surface area contributed by atoms with E-state index in [2.05, 4.69) is 0 Å². The largest absolute Gasteiger partial charge is 0.496 e. The van der Waals surface area contributed by atoms with Crippen molar-refractivity contribution in [3.8, 4) is 5.75 Å². The fourth-order valence-corrected chi connectivity index (χ4v) is 2.85. The quantitative estimate of drug-likeness (QED) is 0.434. The van der Waals surface area contributed by atoms with Crippen LogP contribution < -0.4 is 10.5 Å². The Labute approximate surface area is 147 Å². The highest BCUT2D eigenvalue weighted by Crippen LogP contribution is 2.38. The second-order valence-electron chi connectivity index (χ2n) is 5.82. The molecule has 4 N–H and O–H groups in total. The first-order valence-electron chi connectivity index (χ1n) is 7.66. The van der Waals surface area contributed by atoms with Gasteiger partial charge in [0.25, 0.3) is 10.1 Å². The molecule has 0 saturated carbocycles. The first-order chi connectivity index (χ1) is 11.7. The Morgan fingerprint density at radius 2 is 2.00 bits per heavy atom. The van der Waals surface area contributed by atoms with E-state index in [4.69, 9.17) is 25.2 Å². The topological polar surface area (TPSA) is 123 Å². The van der Waals surface area contributed by atoms with E-state index in [0.717, 1.165) is 41.7 Å². The molecule has 3 rings (SSSR count). The maximum Gasteiger partial charge on any atom is 0.261 e. The van der Waals surface area contributed by atoms with Crippen LogP contribution in [0.1, 0.15) is 23.5 Å². The second-order valence-corrected chi connectivity index (χ2v) is 7.29. The van der Waals surface area contributed by atoms with Crippen LogP contribution in [0.2, 0.25) is 0 Å².